The molecule has 3 aromatic rings. The first-order chi connectivity index (χ1) is 11.8. The Hall–Kier alpha value is -1.37. The van der Waals surface area contributed by atoms with E-state index in [4.69, 9.17) is 34.8 Å². The molecule has 0 saturated heterocycles. The normalized spacial score (nSPS) is 12.1. The zero-order valence-electron chi connectivity index (χ0n) is 12.4. The van der Waals surface area contributed by atoms with Crippen molar-refractivity contribution in [3.05, 3.63) is 78.0 Å². The van der Waals surface area contributed by atoms with E-state index in [1.165, 1.54) is 18.2 Å². The first-order valence-electron chi connectivity index (χ1n) is 6.88. The third-order valence-corrected chi connectivity index (χ3v) is 6.69. The van der Waals surface area contributed by atoms with Crippen molar-refractivity contribution in [3.8, 4) is 0 Å². The first kappa shape index (κ1) is 18.4. The number of fused-ring (bicyclic) bond motifs is 1. The molecule has 25 heavy (non-hydrogen) atoms. The lowest BCUT2D eigenvalue weighted by atomic mass is 10.2. The van der Waals surface area contributed by atoms with Gasteiger partial charge in [-0.3, -0.25) is 4.79 Å². The standard InChI is InChI=1S/C17H9Cl3O3S2/c18-12-3-4-15-11(7-12)8-16(17(21)24-15)25(22,23)6-5-10-1-2-13(19)9-14(10)20/h1-9H/b6-5+. The molecule has 0 atom stereocenters. The second-order valence-corrected chi connectivity index (χ2v) is 9.19. The molecule has 1 heterocycles. The van der Waals surface area contributed by atoms with Crippen molar-refractivity contribution in [1.29, 1.82) is 0 Å². The minimum absolute atomic E-state index is 0.298. The summed E-state index contributed by atoms with van der Waals surface area (Å²) in [7, 11) is -3.94. The van der Waals surface area contributed by atoms with Crippen LogP contribution in [0.25, 0.3) is 16.2 Å². The van der Waals surface area contributed by atoms with Crippen molar-refractivity contribution in [3.63, 3.8) is 0 Å². The molecule has 0 aliphatic carbocycles. The van der Waals surface area contributed by atoms with Gasteiger partial charge >= 0.3 is 0 Å². The van der Waals surface area contributed by atoms with Crippen LogP contribution in [0.4, 0.5) is 0 Å². The molecule has 0 spiro atoms. The summed E-state index contributed by atoms with van der Waals surface area (Å²) in [5.74, 6) is 0. The molecule has 0 aliphatic heterocycles. The van der Waals surface area contributed by atoms with E-state index in [0.29, 0.717) is 30.7 Å². The fraction of sp³-hybridized carbons (Fsp3) is 0. The monoisotopic (exact) mass is 430 g/mol. The van der Waals surface area contributed by atoms with E-state index in [9.17, 15) is 13.2 Å². The molecule has 8 heteroatoms. The van der Waals surface area contributed by atoms with Gasteiger partial charge in [-0.15, -0.1) is 0 Å². The molecule has 3 rings (SSSR count). The van der Waals surface area contributed by atoms with Crippen LogP contribution >= 0.6 is 46.1 Å². The fourth-order valence-corrected chi connectivity index (χ4v) is 5.00. The van der Waals surface area contributed by atoms with Crippen LogP contribution in [0.3, 0.4) is 0 Å². The maximum atomic E-state index is 12.6. The van der Waals surface area contributed by atoms with E-state index in [0.717, 1.165) is 16.7 Å². The summed E-state index contributed by atoms with van der Waals surface area (Å²) in [5.41, 5.74) is 0.481. The van der Waals surface area contributed by atoms with Gasteiger partial charge in [-0.2, -0.15) is 0 Å². The highest BCUT2D eigenvalue weighted by Gasteiger charge is 2.17. The van der Waals surface area contributed by atoms with E-state index >= 15 is 0 Å². The zero-order valence-corrected chi connectivity index (χ0v) is 16.3. The number of sulfone groups is 1. The molecule has 0 saturated carbocycles. The fourth-order valence-electron chi connectivity index (χ4n) is 2.15. The van der Waals surface area contributed by atoms with Crippen molar-refractivity contribution in [2.45, 2.75) is 4.90 Å². The smallest absolute Gasteiger partial charge is 0.251 e. The molecule has 0 radical (unpaired) electrons. The molecule has 1 aromatic heterocycles. The summed E-state index contributed by atoms with van der Waals surface area (Å²) in [6, 6.07) is 11.0. The van der Waals surface area contributed by atoms with Crippen molar-refractivity contribution in [2.75, 3.05) is 0 Å². The van der Waals surface area contributed by atoms with Gasteiger partial charge in [0, 0.05) is 25.2 Å². The van der Waals surface area contributed by atoms with Gasteiger partial charge in [0.25, 0.3) is 4.74 Å². The quantitative estimate of drug-likeness (QED) is 0.537. The average Bonchev–Trinajstić information content (AvgIpc) is 2.53. The highest BCUT2D eigenvalue weighted by molar-refractivity contribution is 7.94. The molecule has 0 N–H and O–H groups in total. The number of hydrogen-bond donors (Lipinski definition) is 0. The summed E-state index contributed by atoms with van der Waals surface area (Å²) in [5, 5.41) is 2.77. The van der Waals surface area contributed by atoms with Crippen molar-refractivity contribution in [1.82, 2.24) is 0 Å². The Bertz CT molecular complexity index is 1170. The van der Waals surface area contributed by atoms with Crippen LogP contribution in [0.1, 0.15) is 5.56 Å². The number of benzene rings is 2. The van der Waals surface area contributed by atoms with Crippen LogP contribution in [-0.2, 0) is 9.84 Å². The maximum Gasteiger partial charge on any atom is 0.251 e. The molecule has 2 aromatic carbocycles. The first-order valence-corrected chi connectivity index (χ1v) is 10.4. The Labute approximate surface area is 163 Å². The van der Waals surface area contributed by atoms with Crippen molar-refractivity contribution < 1.29 is 8.42 Å². The maximum absolute atomic E-state index is 12.6. The van der Waals surface area contributed by atoms with Gasteiger partial charge < -0.3 is 0 Å². The largest absolute Gasteiger partial charge is 0.276 e. The lowest BCUT2D eigenvalue weighted by Crippen LogP contribution is -2.09. The summed E-state index contributed by atoms with van der Waals surface area (Å²) >= 11 is 18.6. The van der Waals surface area contributed by atoms with E-state index in [1.807, 2.05) is 0 Å². The Kier molecular flexibility index (Phi) is 5.23. The van der Waals surface area contributed by atoms with Gasteiger partial charge in [-0.1, -0.05) is 52.2 Å². The predicted molar refractivity (Wildman–Crippen MR) is 106 cm³/mol. The zero-order chi connectivity index (χ0) is 18.2. The Balaban J connectivity index is 2.07. The third kappa shape index (κ3) is 4.07. The summed E-state index contributed by atoms with van der Waals surface area (Å²) in [4.78, 5) is 11.9. The SMILES string of the molecule is O=c1sc2ccc(Cl)cc2cc1S(=O)(=O)/C=C/c1ccc(Cl)cc1Cl. The molecule has 0 unspecified atom stereocenters. The van der Waals surface area contributed by atoms with E-state index in [-0.39, 0.29) is 4.90 Å². The third-order valence-electron chi connectivity index (χ3n) is 3.36. The molecular weight excluding hydrogens is 423 g/mol. The molecular formula is C17H9Cl3O3S2. The van der Waals surface area contributed by atoms with E-state index in [2.05, 4.69) is 0 Å². The van der Waals surface area contributed by atoms with Crippen molar-refractivity contribution >= 4 is 72.1 Å². The molecule has 3 nitrogen and oxygen atoms in total. The Morgan fingerprint density at radius 1 is 0.920 bits per heavy atom. The number of hydrogen-bond acceptors (Lipinski definition) is 4. The summed E-state index contributed by atoms with van der Waals surface area (Å²) in [6.07, 6.45) is 1.33. The summed E-state index contributed by atoms with van der Waals surface area (Å²) < 4.78 is 25.2. The van der Waals surface area contributed by atoms with Crippen LogP contribution in [0, 0.1) is 0 Å². The topological polar surface area (TPSA) is 51.2 Å². The van der Waals surface area contributed by atoms with Gasteiger partial charge in [0.1, 0.15) is 4.90 Å². The minimum atomic E-state index is -3.94. The van der Waals surface area contributed by atoms with Gasteiger partial charge in [0.05, 0.1) is 0 Å². The number of halogens is 3. The van der Waals surface area contributed by atoms with Crippen LogP contribution in [0.15, 0.2) is 57.6 Å². The predicted octanol–water partition coefficient (Wildman–Crippen LogP) is 5.67. The second-order valence-electron chi connectivity index (χ2n) is 5.09. The average molecular weight is 432 g/mol. The van der Waals surface area contributed by atoms with Gasteiger partial charge in [0.2, 0.25) is 9.84 Å². The van der Waals surface area contributed by atoms with Crippen LogP contribution in [0.5, 0.6) is 0 Å². The second kappa shape index (κ2) is 7.09. The van der Waals surface area contributed by atoms with E-state index in [1.54, 1.807) is 30.3 Å². The Morgan fingerprint density at radius 2 is 1.60 bits per heavy atom. The molecule has 0 bridgehead atoms. The van der Waals surface area contributed by atoms with Crippen LogP contribution in [0.2, 0.25) is 15.1 Å². The highest BCUT2D eigenvalue weighted by atomic mass is 35.5. The molecule has 0 amide bonds. The van der Waals surface area contributed by atoms with Gasteiger partial charge in [-0.05, 0) is 53.4 Å². The van der Waals surface area contributed by atoms with Crippen molar-refractivity contribution in [2.24, 2.45) is 0 Å². The highest BCUT2D eigenvalue weighted by Crippen LogP contribution is 2.25. The van der Waals surface area contributed by atoms with Gasteiger partial charge in [0.15, 0.2) is 0 Å². The minimum Gasteiger partial charge on any atom is -0.276 e. The van der Waals surface area contributed by atoms with E-state index < -0.39 is 14.6 Å². The molecule has 0 aliphatic rings. The lowest BCUT2D eigenvalue weighted by molar-refractivity contribution is 0.604. The number of rotatable bonds is 3. The van der Waals surface area contributed by atoms with Gasteiger partial charge in [-0.25, -0.2) is 8.42 Å². The van der Waals surface area contributed by atoms with Crippen LogP contribution in [-0.4, -0.2) is 8.42 Å². The Morgan fingerprint density at radius 3 is 2.32 bits per heavy atom. The molecule has 128 valence electrons. The molecule has 0 fully saturated rings. The summed E-state index contributed by atoms with van der Waals surface area (Å²) in [6.45, 7) is 0. The van der Waals surface area contributed by atoms with Crippen LogP contribution < -0.4 is 4.74 Å². The lowest BCUT2D eigenvalue weighted by Gasteiger charge is -2.02.